The molecule has 194 valence electrons. The van der Waals surface area contributed by atoms with Gasteiger partial charge in [0.05, 0.1) is 9.60 Å². The van der Waals surface area contributed by atoms with Gasteiger partial charge in [0.25, 0.3) is 0 Å². The molecule has 1 aromatic heterocycles. The predicted molar refractivity (Wildman–Crippen MR) is 142 cm³/mol. The van der Waals surface area contributed by atoms with Crippen molar-refractivity contribution in [3.63, 3.8) is 0 Å². The van der Waals surface area contributed by atoms with Gasteiger partial charge in [-0.3, -0.25) is 9.69 Å². The van der Waals surface area contributed by atoms with E-state index in [0.717, 1.165) is 18.7 Å². The summed E-state index contributed by atoms with van der Waals surface area (Å²) < 4.78 is 42.7. The van der Waals surface area contributed by atoms with Crippen LogP contribution in [0.3, 0.4) is 0 Å². The molecular formula is C26H33FN4O3S2. The molecule has 3 aromatic rings. The molecule has 7 nitrogen and oxygen atoms in total. The van der Waals surface area contributed by atoms with Gasteiger partial charge in [-0.15, -0.1) is 0 Å². The molecule has 2 heterocycles. The van der Waals surface area contributed by atoms with E-state index in [1.165, 1.54) is 21.7 Å². The fourth-order valence-corrected chi connectivity index (χ4v) is 7.00. The number of fused-ring (bicyclic) bond motifs is 1. The van der Waals surface area contributed by atoms with Gasteiger partial charge < -0.3 is 4.90 Å². The van der Waals surface area contributed by atoms with E-state index in [0.29, 0.717) is 35.8 Å². The number of carbonyl (C=O) groups is 1. The van der Waals surface area contributed by atoms with E-state index in [9.17, 15) is 17.6 Å². The molecule has 0 bridgehead atoms. The van der Waals surface area contributed by atoms with Crippen molar-refractivity contribution in [2.75, 3.05) is 44.2 Å². The smallest absolute Gasteiger partial charge is 0.243 e. The minimum absolute atomic E-state index is 0.0750. The molecule has 4 rings (SSSR count). The van der Waals surface area contributed by atoms with Gasteiger partial charge in [0, 0.05) is 32.1 Å². The minimum atomic E-state index is -3.60. The lowest BCUT2D eigenvalue weighted by molar-refractivity contribution is -0.123. The van der Waals surface area contributed by atoms with Gasteiger partial charge in [-0.1, -0.05) is 48.9 Å². The number of aryl methyl sites for hydroxylation is 1. The van der Waals surface area contributed by atoms with Gasteiger partial charge in [-0.25, -0.2) is 17.8 Å². The predicted octanol–water partition coefficient (Wildman–Crippen LogP) is 4.52. The summed E-state index contributed by atoms with van der Waals surface area (Å²) in [4.78, 5) is 22.4. The SMILES string of the molecule is CCN(CC)CCN(C(=O)C1CCN(S(=O)(=O)c2ccc(C)cc2)CC1)c1nc2c(F)cccc2s1. The highest BCUT2D eigenvalue weighted by Gasteiger charge is 2.35. The van der Waals surface area contributed by atoms with Crippen molar-refractivity contribution in [3.8, 4) is 0 Å². The molecule has 36 heavy (non-hydrogen) atoms. The van der Waals surface area contributed by atoms with Crippen LogP contribution in [0.4, 0.5) is 9.52 Å². The Morgan fingerprint density at radius 1 is 1.08 bits per heavy atom. The summed E-state index contributed by atoms with van der Waals surface area (Å²) in [6, 6.07) is 11.7. The van der Waals surface area contributed by atoms with Gasteiger partial charge in [0.1, 0.15) is 11.3 Å². The third-order valence-electron chi connectivity index (χ3n) is 6.85. The number of anilines is 1. The second-order valence-corrected chi connectivity index (χ2v) is 12.0. The van der Waals surface area contributed by atoms with Crippen molar-refractivity contribution in [3.05, 3.63) is 53.8 Å². The Bertz CT molecular complexity index is 1300. The molecule has 0 N–H and O–H groups in total. The number of hydrogen-bond acceptors (Lipinski definition) is 6. The number of sulfonamides is 1. The highest BCUT2D eigenvalue weighted by molar-refractivity contribution is 7.89. The van der Waals surface area contributed by atoms with Crippen LogP contribution in [-0.4, -0.2) is 67.8 Å². The Kier molecular flexibility index (Phi) is 8.39. The first kappa shape index (κ1) is 26.7. The zero-order valence-corrected chi connectivity index (χ0v) is 22.6. The summed E-state index contributed by atoms with van der Waals surface area (Å²) in [6.45, 7) is 9.49. The summed E-state index contributed by atoms with van der Waals surface area (Å²) in [7, 11) is -3.60. The number of amides is 1. The summed E-state index contributed by atoms with van der Waals surface area (Å²) in [5.41, 5.74) is 1.27. The molecular weight excluding hydrogens is 499 g/mol. The topological polar surface area (TPSA) is 73.8 Å². The maximum Gasteiger partial charge on any atom is 0.243 e. The third kappa shape index (κ3) is 5.61. The van der Waals surface area contributed by atoms with Crippen LogP contribution >= 0.6 is 11.3 Å². The number of aromatic nitrogens is 1. The van der Waals surface area contributed by atoms with E-state index < -0.39 is 15.8 Å². The summed E-state index contributed by atoms with van der Waals surface area (Å²) >= 11 is 1.31. The Morgan fingerprint density at radius 3 is 2.36 bits per heavy atom. The zero-order chi connectivity index (χ0) is 25.9. The van der Waals surface area contributed by atoms with E-state index in [4.69, 9.17) is 0 Å². The number of hydrogen-bond donors (Lipinski definition) is 0. The molecule has 0 spiro atoms. The van der Waals surface area contributed by atoms with Crippen LogP contribution < -0.4 is 4.90 Å². The van der Waals surface area contributed by atoms with Crippen LogP contribution in [0.5, 0.6) is 0 Å². The Hall–Kier alpha value is -2.40. The number of thiazole rings is 1. The van der Waals surface area contributed by atoms with Crippen LogP contribution in [-0.2, 0) is 14.8 Å². The van der Waals surface area contributed by atoms with Crippen molar-refractivity contribution in [2.24, 2.45) is 5.92 Å². The number of carbonyl (C=O) groups excluding carboxylic acids is 1. The molecule has 2 aromatic carbocycles. The lowest BCUT2D eigenvalue weighted by Crippen LogP contribution is -2.46. The van der Waals surface area contributed by atoms with E-state index >= 15 is 0 Å². The second kappa shape index (κ2) is 11.3. The largest absolute Gasteiger partial charge is 0.302 e. The maximum atomic E-state index is 14.3. The molecule has 0 radical (unpaired) electrons. The van der Waals surface area contributed by atoms with Crippen molar-refractivity contribution in [1.82, 2.24) is 14.2 Å². The lowest BCUT2D eigenvalue weighted by Gasteiger charge is -2.33. The molecule has 1 aliphatic heterocycles. The van der Waals surface area contributed by atoms with Gasteiger partial charge in [-0.2, -0.15) is 4.31 Å². The molecule has 0 saturated carbocycles. The minimum Gasteiger partial charge on any atom is -0.302 e. The van der Waals surface area contributed by atoms with Crippen molar-refractivity contribution >= 4 is 42.6 Å². The van der Waals surface area contributed by atoms with Crippen LogP contribution in [0.15, 0.2) is 47.4 Å². The Labute approximate surface area is 216 Å². The standard InChI is InChI=1S/C26H33FN4O3S2/c1-4-29(5-2)17-18-31(26-28-24-22(27)7-6-8-23(24)35-26)25(32)20-13-15-30(16-14-20)36(33,34)21-11-9-19(3)10-12-21/h6-12,20H,4-5,13-18H2,1-3H3. The van der Waals surface area contributed by atoms with E-state index in [2.05, 4.69) is 23.7 Å². The lowest BCUT2D eigenvalue weighted by atomic mass is 9.96. The van der Waals surface area contributed by atoms with E-state index in [1.807, 2.05) is 6.92 Å². The van der Waals surface area contributed by atoms with Crippen molar-refractivity contribution in [1.29, 1.82) is 0 Å². The number of likely N-dealkylation sites (N-methyl/N-ethyl adjacent to an activating group) is 1. The maximum absolute atomic E-state index is 14.3. The van der Waals surface area contributed by atoms with Crippen molar-refractivity contribution < 1.29 is 17.6 Å². The number of nitrogens with zero attached hydrogens (tertiary/aromatic N) is 4. The van der Waals surface area contributed by atoms with Crippen LogP contribution in [0.25, 0.3) is 10.2 Å². The van der Waals surface area contributed by atoms with E-state index in [1.54, 1.807) is 41.3 Å². The molecule has 1 saturated heterocycles. The molecule has 0 unspecified atom stereocenters. The number of para-hydroxylation sites is 1. The third-order valence-corrected chi connectivity index (χ3v) is 9.81. The van der Waals surface area contributed by atoms with Gasteiger partial charge in [0.2, 0.25) is 15.9 Å². The molecule has 10 heteroatoms. The summed E-state index contributed by atoms with van der Waals surface area (Å²) in [5.74, 6) is -0.794. The Morgan fingerprint density at radius 2 is 1.75 bits per heavy atom. The van der Waals surface area contributed by atoms with Crippen molar-refractivity contribution in [2.45, 2.75) is 38.5 Å². The average Bonchev–Trinajstić information content (AvgIpc) is 3.32. The normalized spacial score (nSPS) is 15.6. The first-order chi connectivity index (χ1) is 17.2. The number of piperidine rings is 1. The fraction of sp³-hybridized carbons (Fsp3) is 0.462. The number of rotatable bonds is 9. The molecule has 1 fully saturated rings. The first-order valence-electron chi connectivity index (χ1n) is 12.4. The summed E-state index contributed by atoms with van der Waals surface area (Å²) in [5, 5.41) is 0.488. The molecule has 0 aliphatic carbocycles. The van der Waals surface area contributed by atoms with Gasteiger partial charge in [0.15, 0.2) is 5.13 Å². The van der Waals surface area contributed by atoms with Gasteiger partial charge in [-0.05, 0) is 57.1 Å². The summed E-state index contributed by atoms with van der Waals surface area (Å²) in [6.07, 6.45) is 0.871. The van der Waals surface area contributed by atoms with Crippen LogP contribution in [0.1, 0.15) is 32.3 Å². The fourth-order valence-electron chi connectivity index (χ4n) is 4.52. The number of halogens is 1. The van der Waals surface area contributed by atoms with Crippen LogP contribution in [0, 0.1) is 18.7 Å². The molecule has 1 aliphatic rings. The quantitative estimate of drug-likeness (QED) is 0.405. The molecule has 0 atom stereocenters. The van der Waals surface area contributed by atoms with Gasteiger partial charge >= 0.3 is 0 Å². The monoisotopic (exact) mass is 532 g/mol. The Balaban J connectivity index is 1.52. The molecule has 1 amide bonds. The average molecular weight is 533 g/mol. The van der Waals surface area contributed by atoms with E-state index in [-0.39, 0.29) is 35.3 Å². The highest BCUT2D eigenvalue weighted by Crippen LogP contribution is 2.33. The first-order valence-corrected chi connectivity index (χ1v) is 14.7. The van der Waals surface area contributed by atoms with Crippen LogP contribution in [0.2, 0.25) is 0 Å². The number of benzene rings is 2. The highest BCUT2D eigenvalue weighted by atomic mass is 32.2. The zero-order valence-electron chi connectivity index (χ0n) is 21.0. The second-order valence-electron chi connectivity index (χ2n) is 9.09.